The van der Waals surface area contributed by atoms with Gasteiger partial charge < -0.3 is 9.47 Å². The van der Waals surface area contributed by atoms with Gasteiger partial charge in [-0.05, 0) is 29.2 Å². The highest BCUT2D eigenvalue weighted by Gasteiger charge is 2.18. The summed E-state index contributed by atoms with van der Waals surface area (Å²) in [6.07, 6.45) is 0.0808. The van der Waals surface area contributed by atoms with Gasteiger partial charge in [0.1, 0.15) is 6.10 Å². The SMILES string of the molecule is COC(=O)C[C@@H](C)CC(=O)O[C@@H](C)c1cccc2ccccc12. The summed E-state index contributed by atoms with van der Waals surface area (Å²) < 4.78 is 10.1. The number of hydrogen-bond donors (Lipinski definition) is 0. The van der Waals surface area contributed by atoms with Gasteiger partial charge in [0.05, 0.1) is 7.11 Å². The summed E-state index contributed by atoms with van der Waals surface area (Å²) in [6.45, 7) is 3.70. The Balaban J connectivity index is 2.02. The number of fused-ring (bicyclic) bond motifs is 1. The minimum atomic E-state index is -0.334. The van der Waals surface area contributed by atoms with Crippen molar-refractivity contribution < 1.29 is 19.1 Å². The van der Waals surface area contributed by atoms with Gasteiger partial charge in [0.15, 0.2) is 0 Å². The van der Waals surface area contributed by atoms with Gasteiger partial charge in [0.25, 0.3) is 0 Å². The van der Waals surface area contributed by atoms with Crippen LogP contribution in [0.3, 0.4) is 0 Å². The van der Waals surface area contributed by atoms with Gasteiger partial charge in [-0.15, -0.1) is 0 Å². The number of methoxy groups -OCH3 is 1. The fraction of sp³-hybridized carbons (Fsp3) is 0.368. The average molecular weight is 314 g/mol. The molecule has 2 atom stereocenters. The Morgan fingerprint density at radius 1 is 0.957 bits per heavy atom. The smallest absolute Gasteiger partial charge is 0.306 e. The molecule has 0 N–H and O–H groups in total. The quantitative estimate of drug-likeness (QED) is 0.755. The van der Waals surface area contributed by atoms with Crippen LogP contribution in [-0.2, 0) is 19.1 Å². The van der Waals surface area contributed by atoms with Gasteiger partial charge in [-0.2, -0.15) is 0 Å². The molecule has 0 amide bonds. The number of esters is 2. The van der Waals surface area contributed by atoms with Crippen molar-refractivity contribution in [2.45, 2.75) is 32.8 Å². The predicted octanol–water partition coefficient (Wildman–Crippen LogP) is 4.03. The van der Waals surface area contributed by atoms with Crippen LogP contribution < -0.4 is 0 Å². The minimum absolute atomic E-state index is 0.102. The van der Waals surface area contributed by atoms with Crippen molar-refractivity contribution in [2.75, 3.05) is 7.11 Å². The van der Waals surface area contributed by atoms with E-state index in [1.807, 2.05) is 56.3 Å². The molecular formula is C19H22O4. The van der Waals surface area contributed by atoms with E-state index in [0.29, 0.717) is 0 Å². The van der Waals surface area contributed by atoms with Crippen LogP contribution in [0.4, 0.5) is 0 Å². The zero-order chi connectivity index (χ0) is 16.8. The number of rotatable bonds is 6. The van der Waals surface area contributed by atoms with Gasteiger partial charge >= 0.3 is 11.9 Å². The highest BCUT2D eigenvalue weighted by Crippen LogP contribution is 2.27. The third-order valence-electron chi connectivity index (χ3n) is 3.83. The standard InChI is InChI=1S/C19H22O4/c1-13(11-18(20)22-3)12-19(21)23-14(2)16-10-6-8-15-7-4-5-9-17(15)16/h4-10,13-14H,11-12H2,1-3H3/t13-,14+/m1/s1. The largest absolute Gasteiger partial charge is 0.469 e. The van der Waals surface area contributed by atoms with Gasteiger partial charge in [0.2, 0.25) is 0 Å². The second-order valence-electron chi connectivity index (χ2n) is 5.79. The molecule has 0 saturated heterocycles. The molecule has 0 saturated carbocycles. The van der Waals surface area contributed by atoms with Gasteiger partial charge in [-0.1, -0.05) is 49.4 Å². The fourth-order valence-corrected chi connectivity index (χ4v) is 2.64. The topological polar surface area (TPSA) is 52.6 Å². The number of hydrogen-bond acceptors (Lipinski definition) is 4. The third kappa shape index (κ3) is 4.55. The lowest BCUT2D eigenvalue weighted by atomic mass is 10.0. The molecule has 0 aromatic heterocycles. The van der Waals surface area contributed by atoms with E-state index in [2.05, 4.69) is 4.74 Å². The molecule has 0 aliphatic heterocycles. The Labute approximate surface area is 136 Å². The van der Waals surface area contributed by atoms with Crippen molar-refractivity contribution in [3.05, 3.63) is 48.0 Å². The molecule has 2 rings (SSSR count). The minimum Gasteiger partial charge on any atom is -0.469 e. The van der Waals surface area contributed by atoms with Crippen LogP contribution in [0, 0.1) is 5.92 Å². The van der Waals surface area contributed by atoms with E-state index < -0.39 is 0 Å². The third-order valence-corrected chi connectivity index (χ3v) is 3.83. The molecule has 0 unspecified atom stereocenters. The average Bonchev–Trinajstić information content (AvgIpc) is 2.53. The molecule has 0 bridgehead atoms. The van der Waals surface area contributed by atoms with Crippen molar-refractivity contribution in [1.29, 1.82) is 0 Å². The van der Waals surface area contributed by atoms with E-state index in [-0.39, 0.29) is 36.8 Å². The summed E-state index contributed by atoms with van der Waals surface area (Å²) in [4.78, 5) is 23.3. The first-order valence-corrected chi connectivity index (χ1v) is 7.75. The van der Waals surface area contributed by atoms with E-state index >= 15 is 0 Å². The zero-order valence-electron chi connectivity index (χ0n) is 13.7. The lowest BCUT2D eigenvalue weighted by Crippen LogP contribution is -2.15. The van der Waals surface area contributed by atoms with Crippen LogP contribution in [-0.4, -0.2) is 19.0 Å². The van der Waals surface area contributed by atoms with E-state index in [1.165, 1.54) is 7.11 Å². The van der Waals surface area contributed by atoms with Gasteiger partial charge in [-0.25, -0.2) is 0 Å². The lowest BCUT2D eigenvalue weighted by Gasteiger charge is -2.17. The molecule has 122 valence electrons. The van der Waals surface area contributed by atoms with Gasteiger partial charge in [0, 0.05) is 12.8 Å². The monoisotopic (exact) mass is 314 g/mol. The Hall–Kier alpha value is -2.36. The molecule has 0 spiro atoms. The maximum Gasteiger partial charge on any atom is 0.306 e. The maximum absolute atomic E-state index is 12.1. The second kappa shape index (κ2) is 7.77. The first-order valence-electron chi connectivity index (χ1n) is 7.75. The summed E-state index contributed by atoms with van der Waals surface area (Å²) in [5.41, 5.74) is 0.983. The van der Waals surface area contributed by atoms with Crippen molar-refractivity contribution in [3.63, 3.8) is 0 Å². The van der Waals surface area contributed by atoms with Crippen LogP contribution in [0.25, 0.3) is 10.8 Å². The number of benzene rings is 2. The number of carbonyl (C=O) groups excluding carboxylic acids is 2. The van der Waals surface area contributed by atoms with E-state index in [0.717, 1.165) is 16.3 Å². The molecule has 0 aliphatic carbocycles. The van der Waals surface area contributed by atoms with E-state index in [4.69, 9.17) is 4.74 Å². The molecule has 23 heavy (non-hydrogen) atoms. The van der Waals surface area contributed by atoms with Crippen LogP contribution in [0.2, 0.25) is 0 Å². The predicted molar refractivity (Wildman–Crippen MR) is 88.9 cm³/mol. The molecular weight excluding hydrogens is 292 g/mol. The van der Waals surface area contributed by atoms with Crippen LogP contribution in [0.15, 0.2) is 42.5 Å². The number of ether oxygens (including phenoxy) is 2. The summed E-state index contributed by atoms with van der Waals surface area (Å²) >= 11 is 0. The van der Waals surface area contributed by atoms with Crippen molar-refractivity contribution in [2.24, 2.45) is 5.92 Å². The maximum atomic E-state index is 12.1. The Kier molecular flexibility index (Phi) is 5.74. The van der Waals surface area contributed by atoms with Crippen molar-refractivity contribution in [1.82, 2.24) is 0 Å². The highest BCUT2D eigenvalue weighted by atomic mass is 16.5. The molecule has 4 heteroatoms. The summed E-state index contributed by atoms with van der Waals surface area (Å²) in [6, 6.07) is 14.0. The summed E-state index contributed by atoms with van der Waals surface area (Å²) in [5, 5.41) is 2.20. The molecule has 0 fully saturated rings. The van der Waals surface area contributed by atoms with Crippen molar-refractivity contribution >= 4 is 22.7 Å². The molecule has 2 aromatic rings. The Morgan fingerprint density at radius 2 is 1.61 bits per heavy atom. The molecule has 4 nitrogen and oxygen atoms in total. The van der Waals surface area contributed by atoms with E-state index in [1.54, 1.807) is 0 Å². The Morgan fingerprint density at radius 3 is 2.35 bits per heavy atom. The highest BCUT2D eigenvalue weighted by molar-refractivity contribution is 5.86. The van der Waals surface area contributed by atoms with Crippen molar-refractivity contribution in [3.8, 4) is 0 Å². The second-order valence-corrected chi connectivity index (χ2v) is 5.79. The molecule has 0 aliphatic rings. The molecule has 2 aromatic carbocycles. The normalized spacial score (nSPS) is 13.3. The number of carbonyl (C=O) groups is 2. The Bertz CT molecular complexity index is 687. The first-order chi connectivity index (χ1) is 11.0. The lowest BCUT2D eigenvalue weighted by molar-refractivity contribution is -0.150. The first kappa shape index (κ1) is 17.0. The van der Waals surface area contributed by atoms with Crippen LogP contribution in [0.1, 0.15) is 38.4 Å². The molecule has 0 radical (unpaired) electrons. The zero-order valence-corrected chi connectivity index (χ0v) is 13.7. The van der Waals surface area contributed by atoms with E-state index in [9.17, 15) is 9.59 Å². The fourth-order valence-electron chi connectivity index (χ4n) is 2.64. The summed E-state index contributed by atoms with van der Waals surface area (Å²) in [5.74, 6) is -0.719. The molecule has 0 heterocycles. The van der Waals surface area contributed by atoms with Crippen LogP contribution in [0.5, 0.6) is 0 Å². The van der Waals surface area contributed by atoms with Crippen LogP contribution >= 0.6 is 0 Å². The summed E-state index contributed by atoms with van der Waals surface area (Å²) in [7, 11) is 1.34. The van der Waals surface area contributed by atoms with Gasteiger partial charge in [-0.3, -0.25) is 9.59 Å².